The molecule has 0 saturated heterocycles. The molecule has 0 aromatic carbocycles. The summed E-state index contributed by atoms with van der Waals surface area (Å²) in [6.07, 6.45) is 6.51. The van der Waals surface area contributed by atoms with Gasteiger partial charge in [0.25, 0.3) is 0 Å². The van der Waals surface area contributed by atoms with Crippen LogP contribution in [0.2, 0.25) is 0 Å². The van der Waals surface area contributed by atoms with Crippen molar-refractivity contribution in [2.24, 2.45) is 5.41 Å². The van der Waals surface area contributed by atoms with E-state index in [1.807, 2.05) is 0 Å². The minimum Gasteiger partial charge on any atom is -0.314 e. The Morgan fingerprint density at radius 1 is 1.12 bits per heavy atom. The average molecular weight is 242 g/mol. The lowest BCUT2D eigenvalue weighted by Gasteiger charge is -2.23. The maximum Gasteiger partial charge on any atom is 0.00792 e. The van der Waals surface area contributed by atoms with Crippen LogP contribution in [0.25, 0.3) is 0 Å². The van der Waals surface area contributed by atoms with Crippen molar-refractivity contribution in [2.45, 2.75) is 65.8 Å². The first-order valence-corrected chi connectivity index (χ1v) is 7.23. The molecule has 1 unspecified atom stereocenters. The highest BCUT2D eigenvalue weighted by Crippen LogP contribution is 2.22. The van der Waals surface area contributed by atoms with Gasteiger partial charge in [-0.05, 0) is 58.3 Å². The summed E-state index contributed by atoms with van der Waals surface area (Å²) in [5, 5.41) is 3.68. The molecule has 0 aliphatic rings. The quantitative estimate of drug-likeness (QED) is 0.665. The third kappa shape index (κ3) is 12.2. The van der Waals surface area contributed by atoms with E-state index in [9.17, 15) is 0 Å². The maximum absolute atomic E-state index is 3.68. The van der Waals surface area contributed by atoms with Gasteiger partial charge in [0.05, 0.1) is 0 Å². The minimum absolute atomic E-state index is 0.483. The summed E-state index contributed by atoms with van der Waals surface area (Å²) in [7, 11) is 4.32. The fourth-order valence-electron chi connectivity index (χ4n) is 1.99. The molecule has 0 radical (unpaired) electrons. The Morgan fingerprint density at radius 2 is 1.76 bits per heavy atom. The molecule has 0 aliphatic heterocycles. The van der Waals surface area contributed by atoms with Gasteiger partial charge in [0.1, 0.15) is 0 Å². The Kier molecular flexibility index (Phi) is 8.89. The van der Waals surface area contributed by atoms with Gasteiger partial charge in [0, 0.05) is 6.04 Å². The van der Waals surface area contributed by atoms with Gasteiger partial charge in [-0.1, -0.05) is 34.1 Å². The molecule has 0 aromatic rings. The molecule has 0 rings (SSSR count). The molecule has 1 atom stereocenters. The molecule has 104 valence electrons. The van der Waals surface area contributed by atoms with Gasteiger partial charge in [-0.25, -0.2) is 0 Å². The molecular weight excluding hydrogens is 208 g/mol. The SMILES string of the molecule is CCCNC(CCCC(C)(C)C)CCN(C)C. The van der Waals surface area contributed by atoms with Crippen LogP contribution in [-0.4, -0.2) is 38.1 Å². The first-order valence-electron chi connectivity index (χ1n) is 7.23. The lowest BCUT2D eigenvalue weighted by atomic mass is 9.88. The zero-order valence-corrected chi connectivity index (χ0v) is 13.0. The Balaban J connectivity index is 3.84. The molecule has 2 nitrogen and oxygen atoms in total. The van der Waals surface area contributed by atoms with Crippen LogP contribution < -0.4 is 5.32 Å². The first-order chi connectivity index (χ1) is 7.85. The van der Waals surface area contributed by atoms with Gasteiger partial charge < -0.3 is 10.2 Å². The summed E-state index contributed by atoms with van der Waals surface area (Å²) in [6, 6.07) is 0.708. The van der Waals surface area contributed by atoms with Gasteiger partial charge in [-0.3, -0.25) is 0 Å². The average Bonchev–Trinajstić information content (AvgIpc) is 2.19. The van der Waals surface area contributed by atoms with Gasteiger partial charge in [-0.2, -0.15) is 0 Å². The summed E-state index contributed by atoms with van der Waals surface area (Å²) >= 11 is 0. The number of hydrogen-bond acceptors (Lipinski definition) is 2. The molecule has 2 heteroatoms. The third-order valence-electron chi connectivity index (χ3n) is 3.09. The molecule has 17 heavy (non-hydrogen) atoms. The predicted molar refractivity (Wildman–Crippen MR) is 78.6 cm³/mol. The highest BCUT2D eigenvalue weighted by Gasteiger charge is 2.12. The zero-order chi connectivity index (χ0) is 13.3. The second-order valence-corrected chi connectivity index (χ2v) is 6.70. The second-order valence-electron chi connectivity index (χ2n) is 6.70. The van der Waals surface area contributed by atoms with E-state index in [0.29, 0.717) is 11.5 Å². The Morgan fingerprint density at radius 3 is 2.24 bits per heavy atom. The Labute approximate surface area is 109 Å². The smallest absolute Gasteiger partial charge is 0.00792 e. The van der Waals surface area contributed by atoms with Crippen LogP contribution >= 0.6 is 0 Å². The van der Waals surface area contributed by atoms with Crippen molar-refractivity contribution in [1.29, 1.82) is 0 Å². The molecule has 0 saturated carbocycles. The summed E-state index contributed by atoms with van der Waals surface area (Å²) in [5.41, 5.74) is 0.483. The van der Waals surface area contributed by atoms with Crippen molar-refractivity contribution in [3.63, 3.8) is 0 Å². The molecule has 0 aliphatic carbocycles. The van der Waals surface area contributed by atoms with Gasteiger partial charge in [-0.15, -0.1) is 0 Å². The van der Waals surface area contributed by atoms with Gasteiger partial charge in [0.15, 0.2) is 0 Å². The monoisotopic (exact) mass is 242 g/mol. The molecule has 0 fully saturated rings. The van der Waals surface area contributed by atoms with E-state index in [1.54, 1.807) is 0 Å². The van der Waals surface area contributed by atoms with Gasteiger partial charge >= 0.3 is 0 Å². The molecule has 0 amide bonds. The van der Waals surface area contributed by atoms with E-state index in [4.69, 9.17) is 0 Å². The van der Waals surface area contributed by atoms with E-state index < -0.39 is 0 Å². The third-order valence-corrected chi connectivity index (χ3v) is 3.09. The normalized spacial score (nSPS) is 14.3. The highest BCUT2D eigenvalue weighted by atomic mass is 15.1. The summed E-state index contributed by atoms with van der Waals surface area (Å²) < 4.78 is 0. The van der Waals surface area contributed by atoms with Crippen molar-refractivity contribution < 1.29 is 0 Å². The van der Waals surface area contributed by atoms with E-state index in [0.717, 1.165) is 6.54 Å². The van der Waals surface area contributed by atoms with Crippen molar-refractivity contribution in [3.05, 3.63) is 0 Å². The minimum atomic E-state index is 0.483. The van der Waals surface area contributed by atoms with Crippen molar-refractivity contribution in [1.82, 2.24) is 10.2 Å². The summed E-state index contributed by atoms with van der Waals surface area (Å²) in [6.45, 7) is 11.6. The molecule has 1 N–H and O–H groups in total. The molecule has 0 heterocycles. The lowest BCUT2D eigenvalue weighted by molar-refractivity contribution is 0.316. The summed E-state index contributed by atoms with van der Waals surface area (Å²) in [5.74, 6) is 0. The summed E-state index contributed by atoms with van der Waals surface area (Å²) in [4.78, 5) is 2.28. The van der Waals surface area contributed by atoms with E-state index in [1.165, 1.54) is 38.6 Å². The molecule has 0 bridgehead atoms. The van der Waals surface area contributed by atoms with Crippen LogP contribution in [0.3, 0.4) is 0 Å². The van der Waals surface area contributed by atoms with Crippen LogP contribution in [0.15, 0.2) is 0 Å². The predicted octanol–water partition coefficient (Wildman–Crippen LogP) is 3.52. The van der Waals surface area contributed by atoms with Crippen molar-refractivity contribution in [3.8, 4) is 0 Å². The van der Waals surface area contributed by atoms with E-state index in [-0.39, 0.29) is 0 Å². The number of nitrogens with one attached hydrogen (secondary N) is 1. The topological polar surface area (TPSA) is 15.3 Å². The number of nitrogens with zero attached hydrogens (tertiary/aromatic N) is 1. The molecule has 0 spiro atoms. The van der Waals surface area contributed by atoms with Crippen LogP contribution in [0, 0.1) is 5.41 Å². The Hall–Kier alpha value is -0.0800. The lowest BCUT2D eigenvalue weighted by Crippen LogP contribution is -2.33. The van der Waals surface area contributed by atoms with Crippen LogP contribution in [0.1, 0.15) is 59.8 Å². The number of hydrogen-bond donors (Lipinski definition) is 1. The molecular formula is C15H34N2. The van der Waals surface area contributed by atoms with Crippen LogP contribution in [0.4, 0.5) is 0 Å². The van der Waals surface area contributed by atoms with Gasteiger partial charge in [0.2, 0.25) is 0 Å². The first kappa shape index (κ1) is 16.9. The standard InChI is InChI=1S/C15H34N2/c1-7-12-16-14(10-13-17(5)6)9-8-11-15(2,3)4/h14,16H,7-13H2,1-6H3. The Bertz CT molecular complexity index is 170. The maximum atomic E-state index is 3.68. The van der Waals surface area contributed by atoms with Crippen molar-refractivity contribution >= 4 is 0 Å². The zero-order valence-electron chi connectivity index (χ0n) is 13.0. The van der Waals surface area contributed by atoms with Crippen molar-refractivity contribution in [2.75, 3.05) is 27.2 Å². The molecule has 0 aromatic heterocycles. The fraction of sp³-hybridized carbons (Fsp3) is 1.00. The number of rotatable bonds is 9. The van der Waals surface area contributed by atoms with Crippen LogP contribution in [0.5, 0.6) is 0 Å². The highest BCUT2D eigenvalue weighted by molar-refractivity contribution is 4.70. The van der Waals surface area contributed by atoms with E-state index >= 15 is 0 Å². The largest absolute Gasteiger partial charge is 0.314 e. The van der Waals surface area contributed by atoms with Crippen LogP contribution in [-0.2, 0) is 0 Å². The second kappa shape index (κ2) is 8.93. The fourth-order valence-corrected chi connectivity index (χ4v) is 1.99. The van der Waals surface area contributed by atoms with E-state index in [2.05, 4.69) is 52.0 Å².